The summed E-state index contributed by atoms with van der Waals surface area (Å²) in [6, 6.07) is 5.15. The van der Waals surface area contributed by atoms with E-state index in [1.165, 1.54) is 32.1 Å². The van der Waals surface area contributed by atoms with Crippen molar-refractivity contribution in [2.75, 3.05) is 13.1 Å². The second-order valence-electron chi connectivity index (χ2n) is 5.96. The quantitative estimate of drug-likeness (QED) is 0.875. The molecule has 3 heteroatoms. The molecule has 1 aromatic heterocycles. The molecule has 3 nitrogen and oxygen atoms in total. The van der Waals surface area contributed by atoms with Crippen LogP contribution in [0.25, 0.3) is 0 Å². The molecule has 1 aliphatic carbocycles. The van der Waals surface area contributed by atoms with Crippen LogP contribution in [0.2, 0.25) is 0 Å². The fourth-order valence-electron chi connectivity index (χ4n) is 3.56. The number of likely N-dealkylation sites (tertiary alicyclic amines) is 1. The first kappa shape index (κ1) is 12.2. The predicted molar refractivity (Wildman–Crippen MR) is 72.6 cm³/mol. The van der Waals surface area contributed by atoms with Gasteiger partial charge in [-0.25, -0.2) is 0 Å². The van der Waals surface area contributed by atoms with Gasteiger partial charge in [-0.1, -0.05) is 19.3 Å². The molecule has 100 valence electrons. The summed E-state index contributed by atoms with van der Waals surface area (Å²) in [5, 5.41) is 0. The summed E-state index contributed by atoms with van der Waals surface area (Å²) in [5.41, 5.74) is 6.32. The molecule has 0 radical (unpaired) electrons. The summed E-state index contributed by atoms with van der Waals surface area (Å²) in [6.45, 7) is 4.12. The van der Waals surface area contributed by atoms with Crippen molar-refractivity contribution in [3.63, 3.8) is 0 Å². The summed E-state index contributed by atoms with van der Waals surface area (Å²) in [7, 11) is 0. The highest BCUT2D eigenvalue weighted by atomic mass is 16.3. The summed E-state index contributed by atoms with van der Waals surface area (Å²) in [5.74, 6) is 2.47. The Kier molecular flexibility index (Phi) is 3.44. The minimum absolute atomic E-state index is 0.234. The molecule has 1 saturated carbocycles. The molecular weight excluding hydrogens is 224 g/mol. The van der Waals surface area contributed by atoms with Crippen molar-refractivity contribution in [3.8, 4) is 0 Å². The fraction of sp³-hybridized carbons (Fsp3) is 0.733. The van der Waals surface area contributed by atoms with E-state index in [4.69, 9.17) is 10.2 Å². The van der Waals surface area contributed by atoms with E-state index in [1.807, 2.05) is 13.0 Å². The molecule has 0 amide bonds. The maximum absolute atomic E-state index is 6.32. The number of aryl methyl sites for hydroxylation is 1. The van der Waals surface area contributed by atoms with Gasteiger partial charge < -0.3 is 10.2 Å². The Balaban J connectivity index is 1.68. The van der Waals surface area contributed by atoms with Crippen molar-refractivity contribution in [1.82, 2.24) is 4.90 Å². The number of hydrogen-bond acceptors (Lipinski definition) is 3. The monoisotopic (exact) mass is 248 g/mol. The van der Waals surface area contributed by atoms with Gasteiger partial charge in [0.2, 0.25) is 0 Å². The van der Waals surface area contributed by atoms with Crippen molar-refractivity contribution in [2.24, 2.45) is 5.73 Å². The van der Waals surface area contributed by atoms with Crippen molar-refractivity contribution in [1.29, 1.82) is 0 Å². The summed E-state index contributed by atoms with van der Waals surface area (Å²) in [6.07, 6.45) is 6.91. The van der Waals surface area contributed by atoms with Gasteiger partial charge in [-0.15, -0.1) is 0 Å². The summed E-state index contributed by atoms with van der Waals surface area (Å²) >= 11 is 0. The molecule has 2 fully saturated rings. The van der Waals surface area contributed by atoms with Crippen LogP contribution in [-0.2, 0) is 0 Å². The minimum atomic E-state index is 0.234. The molecule has 2 aliphatic rings. The van der Waals surface area contributed by atoms with Gasteiger partial charge in [0.15, 0.2) is 0 Å². The van der Waals surface area contributed by atoms with Gasteiger partial charge >= 0.3 is 0 Å². The summed E-state index contributed by atoms with van der Waals surface area (Å²) < 4.78 is 5.77. The van der Waals surface area contributed by atoms with E-state index >= 15 is 0 Å². The number of furan rings is 1. The lowest BCUT2D eigenvalue weighted by molar-refractivity contribution is 0.186. The Bertz CT molecular complexity index is 395. The standard InChI is InChI=1S/C15H24N2O/c1-11-7-8-15(18-11)13-9-17(10-14(13)16)12-5-3-2-4-6-12/h7-8,12-14H,2-6,9-10,16H2,1H3/t13-,14-/m1/s1. The Morgan fingerprint density at radius 3 is 2.61 bits per heavy atom. The normalized spacial score (nSPS) is 31.0. The second kappa shape index (κ2) is 5.06. The van der Waals surface area contributed by atoms with Crippen LogP contribution >= 0.6 is 0 Å². The third-order valence-electron chi connectivity index (χ3n) is 4.61. The molecular formula is C15H24N2O. The largest absolute Gasteiger partial charge is 0.466 e. The molecule has 0 spiro atoms. The average Bonchev–Trinajstić information content (AvgIpc) is 2.97. The molecule has 2 atom stereocenters. The van der Waals surface area contributed by atoms with Crippen molar-refractivity contribution in [2.45, 2.75) is 57.0 Å². The maximum Gasteiger partial charge on any atom is 0.110 e. The van der Waals surface area contributed by atoms with Gasteiger partial charge in [-0.3, -0.25) is 4.90 Å². The number of rotatable bonds is 2. The third kappa shape index (κ3) is 2.34. The van der Waals surface area contributed by atoms with Crippen LogP contribution in [0, 0.1) is 6.92 Å². The van der Waals surface area contributed by atoms with Crippen LogP contribution in [0.1, 0.15) is 49.5 Å². The van der Waals surface area contributed by atoms with Crippen molar-refractivity contribution in [3.05, 3.63) is 23.7 Å². The molecule has 1 aliphatic heterocycles. The molecule has 2 N–H and O–H groups in total. The van der Waals surface area contributed by atoms with E-state index in [0.717, 1.165) is 30.7 Å². The highest BCUT2D eigenvalue weighted by molar-refractivity contribution is 5.16. The Hall–Kier alpha value is -0.800. The van der Waals surface area contributed by atoms with Crippen LogP contribution in [0.4, 0.5) is 0 Å². The number of nitrogens with zero attached hydrogens (tertiary/aromatic N) is 1. The zero-order valence-electron chi connectivity index (χ0n) is 11.3. The molecule has 1 saturated heterocycles. The zero-order chi connectivity index (χ0) is 12.5. The first-order chi connectivity index (χ1) is 8.74. The Morgan fingerprint density at radius 2 is 1.94 bits per heavy atom. The fourth-order valence-corrected chi connectivity index (χ4v) is 3.56. The van der Waals surface area contributed by atoms with E-state index in [1.54, 1.807) is 0 Å². The molecule has 0 unspecified atom stereocenters. The molecule has 1 aromatic rings. The highest BCUT2D eigenvalue weighted by Crippen LogP contribution is 2.32. The van der Waals surface area contributed by atoms with Crippen LogP contribution in [-0.4, -0.2) is 30.1 Å². The molecule has 2 heterocycles. The van der Waals surface area contributed by atoms with Gasteiger partial charge in [-0.05, 0) is 31.9 Å². The Morgan fingerprint density at radius 1 is 1.17 bits per heavy atom. The van der Waals surface area contributed by atoms with Crippen molar-refractivity contribution >= 4 is 0 Å². The Labute approximate surface area is 109 Å². The summed E-state index contributed by atoms with van der Waals surface area (Å²) in [4.78, 5) is 2.60. The van der Waals surface area contributed by atoms with E-state index in [0.29, 0.717) is 5.92 Å². The lowest BCUT2D eigenvalue weighted by Crippen LogP contribution is -2.36. The van der Waals surface area contributed by atoms with Gasteiger partial charge in [0.25, 0.3) is 0 Å². The second-order valence-corrected chi connectivity index (χ2v) is 5.96. The topological polar surface area (TPSA) is 42.4 Å². The van der Waals surface area contributed by atoms with Crippen LogP contribution < -0.4 is 5.73 Å². The first-order valence-corrected chi connectivity index (χ1v) is 7.30. The average molecular weight is 248 g/mol. The van der Waals surface area contributed by atoms with Gasteiger partial charge in [-0.2, -0.15) is 0 Å². The lowest BCUT2D eigenvalue weighted by Gasteiger charge is -2.30. The maximum atomic E-state index is 6.32. The van der Waals surface area contributed by atoms with Gasteiger partial charge in [0.1, 0.15) is 11.5 Å². The van der Waals surface area contributed by atoms with E-state index in [9.17, 15) is 0 Å². The number of nitrogens with two attached hydrogens (primary N) is 1. The van der Waals surface area contributed by atoms with E-state index < -0.39 is 0 Å². The van der Waals surface area contributed by atoms with E-state index in [-0.39, 0.29) is 6.04 Å². The number of hydrogen-bond donors (Lipinski definition) is 1. The molecule has 3 rings (SSSR count). The van der Waals surface area contributed by atoms with E-state index in [2.05, 4.69) is 11.0 Å². The minimum Gasteiger partial charge on any atom is -0.466 e. The highest BCUT2D eigenvalue weighted by Gasteiger charge is 2.36. The first-order valence-electron chi connectivity index (χ1n) is 7.30. The van der Waals surface area contributed by atoms with Crippen LogP contribution in [0.15, 0.2) is 16.5 Å². The lowest BCUT2D eigenvalue weighted by atomic mass is 9.94. The zero-order valence-corrected chi connectivity index (χ0v) is 11.3. The van der Waals surface area contributed by atoms with Gasteiger partial charge in [0.05, 0.1) is 0 Å². The molecule has 0 aromatic carbocycles. The van der Waals surface area contributed by atoms with Gasteiger partial charge in [0, 0.05) is 31.1 Å². The predicted octanol–water partition coefficient (Wildman–Crippen LogP) is 2.65. The van der Waals surface area contributed by atoms with Crippen LogP contribution in [0.3, 0.4) is 0 Å². The molecule has 0 bridgehead atoms. The smallest absolute Gasteiger partial charge is 0.110 e. The molecule has 18 heavy (non-hydrogen) atoms. The third-order valence-corrected chi connectivity index (χ3v) is 4.61. The SMILES string of the molecule is Cc1ccc([C@@H]2CN(C3CCCCC3)C[C@H]2N)o1. The van der Waals surface area contributed by atoms with Crippen LogP contribution in [0.5, 0.6) is 0 Å². The van der Waals surface area contributed by atoms with Crippen molar-refractivity contribution < 1.29 is 4.42 Å².